The molecule has 0 aromatic heterocycles. The molecule has 0 radical (unpaired) electrons. The molecule has 1 saturated heterocycles. The number of halogens is 1. The first-order chi connectivity index (χ1) is 8.95. The zero-order chi connectivity index (χ0) is 14.0. The van der Waals surface area contributed by atoms with E-state index in [1.807, 2.05) is 0 Å². The molecule has 104 valence electrons. The maximum absolute atomic E-state index is 13.7. The van der Waals surface area contributed by atoms with Crippen molar-refractivity contribution in [2.45, 2.75) is 33.1 Å². The fourth-order valence-electron chi connectivity index (χ4n) is 2.48. The van der Waals surface area contributed by atoms with Crippen LogP contribution in [0.25, 0.3) is 0 Å². The molecule has 0 aliphatic carbocycles. The van der Waals surface area contributed by atoms with E-state index in [-0.39, 0.29) is 11.5 Å². The van der Waals surface area contributed by atoms with Crippen LogP contribution >= 0.6 is 0 Å². The van der Waals surface area contributed by atoms with Crippen LogP contribution in [0.15, 0.2) is 18.2 Å². The largest absolute Gasteiger partial charge is 0.399 e. The van der Waals surface area contributed by atoms with Gasteiger partial charge in [-0.15, -0.1) is 0 Å². The third kappa shape index (κ3) is 2.88. The quantitative estimate of drug-likeness (QED) is 0.834. The lowest BCUT2D eigenvalue weighted by Crippen LogP contribution is -2.42. The van der Waals surface area contributed by atoms with Gasteiger partial charge in [0.25, 0.3) is 5.91 Å². The molecule has 3 nitrogen and oxygen atoms in total. The molecular formula is C15H21FN2O. The molecule has 1 aromatic rings. The van der Waals surface area contributed by atoms with Gasteiger partial charge in [0.2, 0.25) is 0 Å². The van der Waals surface area contributed by atoms with Crippen LogP contribution in [-0.2, 0) is 0 Å². The zero-order valence-corrected chi connectivity index (χ0v) is 11.6. The fraction of sp³-hybridized carbons (Fsp3) is 0.533. The summed E-state index contributed by atoms with van der Waals surface area (Å²) in [4.78, 5) is 14.0. The number of nitrogen functional groups attached to an aromatic ring is 1. The van der Waals surface area contributed by atoms with Crippen LogP contribution in [0, 0.1) is 11.2 Å². The van der Waals surface area contributed by atoms with Crippen LogP contribution in [-0.4, -0.2) is 23.9 Å². The number of nitrogens with zero attached hydrogens (tertiary/aromatic N) is 1. The van der Waals surface area contributed by atoms with Crippen LogP contribution in [0.4, 0.5) is 10.1 Å². The lowest BCUT2D eigenvalue weighted by molar-refractivity contribution is 0.0596. The average molecular weight is 264 g/mol. The van der Waals surface area contributed by atoms with Crippen molar-refractivity contribution in [3.63, 3.8) is 0 Å². The SMILES string of the molecule is CCC1(C)CCN(C(=O)c2cc(N)ccc2F)CC1. The Morgan fingerprint density at radius 2 is 2.05 bits per heavy atom. The molecule has 1 heterocycles. The molecule has 2 rings (SSSR count). The van der Waals surface area contributed by atoms with Crippen molar-refractivity contribution in [3.05, 3.63) is 29.6 Å². The van der Waals surface area contributed by atoms with E-state index in [0.717, 1.165) is 19.3 Å². The van der Waals surface area contributed by atoms with Gasteiger partial charge in [-0.05, 0) is 36.5 Å². The van der Waals surface area contributed by atoms with Gasteiger partial charge in [-0.3, -0.25) is 4.79 Å². The number of carbonyl (C=O) groups excluding carboxylic acids is 1. The maximum atomic E-state index is 13.7. The Morgan fingerprint density at radius 3 is 2.63 bits per heavy atom. The third-order valence-corrected chi connectivity index (χ3v) is 4.33. The van der Waals surface area contributed by atoms with E-state index in [0.29, 0.717) is 24.2 Å². The van der Waals surface area contributed by atoms with Gasteiger partial charge in [0.15, 0.2) is 0 Å². The number of amides is 1. The van der Waals surface area contributed by atoms with E-state index >= 15 is 0 Å². The summed E-state index contributed by atoms with van der Waals surface area (Å²) in [6.45, 7) is 5.81. The van der Waals surface area contributed by atoms with Crippen molar-refractivity contribution in [1.29, 1.82) is 0 Å². The van der Waals surface area contributed by atoms with Gasteiger partial charge in [-0.2, -0.15) is 0 Å². The van der Waals surface area contributed by atoms with E-state index in [2.05, 4.69) is 13.8 Å². The third-order valence-electron chi connectivity index (χ3n) is 4.33. The summed E-state index contributed by atoms with van der Waals surface area (Å²) >= 11 is 0. The lowest BCUT2D eigenvalue weighted by Gasteiger charge is -2.39. The highest BCUT2D eigenvalue weighted by Gasteiger charge is 2.31. The second-order valence-corrected chi connectivity index (χ2v) is 5.70. The number of hydrogen-bond acceptors (Lipinski definition) is 2. The molecule has 0 spiro atoms. The summed E-state index contributed by atoms with van der Waals surface area (Å²) in [5.41, 5.74) is 6.43. The van der Waals surface area contributed by atoms with Crippen LogP contribution in [0.2, 0.25) is 0 Å². The molecule has 1 aliphatic heterocycles. The van der Waals surface area contributed by atoms with Crippen molar-refractivity contribution >= 4 is 11.6 Å². The molecule has 0 unspecified atom stereocenters. The Morgan fingerprint density at radius 1 is 1.42 bits per heavy atom. The number of anilines is 1. The Labute approximate surface area is 113 Å². The fourth-order valence-corrected chi connectivity index (χ4v) is 2.48. The minimum atomic E-state index is -0.497. The smallest absolute Gasteiger partial charge is 0.256 e. The number of likely N-dealkylation sites (tertiary alicyclic amines) is 1. The molecule has 0 bridgehead atoms. The van der Waals surface area contributed by atoms with Crippen LogP contribution < -0.4 is 5.73 Å². The van der Waals surface area contributed by atoms with Crippen LogP contribution in [0.1, 0.15) is 43.5 Å². The number of rotatable bonds is 2. The molecule has 4 heteroatoms. The van der Waals surface area contributed by atoms with Gasteiger partial charge >= 0.3 is 0 Å². The summed E-state index contributed by atoms with van der Waals surface area (Å²) in [5, 5.41) is 0. The Hall–Kier alpha value is -1.58. The van der Waals surface area contributed by atoms with E-state index in [1.165, 1.54) is 18.2 Å². The molecule has 2 N–H and O–H groups in total. The maximum Gasteiger partial charge on any atom is 0.256 e. The molecule has 1 aliphatic rings. The van der Waals surface area contributed by atoms with Crippen LogP contribution in [0.5, 0.6) is 0 Å². The molecule has 1 amide bonds. The average Bonchev–Trinajstić information content (AvgIpc) is 2.42. The van der Waals surface area contributed by atoms with Gasteiger partial charge in [0, 0.05) is 18.8 Å². The topological polar surface area (TPSA) is 46.3 Å². The normalized spacial score (nSPS) is 18.4. The van der Waals surface area contributed by atoms with Crippen molar-refractivity contribution in [2.24, 2.45) is 5.41 Å². The molecule has 0 saturated carbocycles. The van der Waals surface area contributed by atoms with Gasteiger partial charge in [0.05, 0.1) is 5.56 Å². The van der Waals surface area contributed by atoms with Crippen molar-refractivity contribution in [2.75, 3.05) is 18.8 Å². The van der Waals surface area contributed by atoms with Gasteiger partial charge in [0.1, 0.15) is 5.82 Å². The molecule has 0 atom stereocenters. The standard InChI is InChI=1S/C15H21FN2O/c1-3-15(2)6-8-18(9-7-15)14(19)12-10-11(17)4-5-13(12)16/h4-5,10H,3,6-9,17H2,1-2H3. The highest BCUT2D eigenvalue weighted by Crippen LogP contribution is 2.34. The summed E-state index contributed by atoms with van der Waals surface area (Å²) in [6, 6.07) is 4.14. The molecular weight excluding hydrogens is 243 g/mol. The highest BCUT2D eigenvalue weighted by atomic mass is 19.1. The van der Waals surface area contributed by atoms with Crippen molar-refractivity contribution < 1.29 is 9.18 Å². The van der Waals surface area contributed by atoms with Gasteiger partial charge in [-0.1, -0.05) is 20.3 Å². The number of carbonyl (C=O) groups is 1. The number of benzene rings is 1. The van der Waals surface area contributed by atoms with E-state index in [9.17, 15) is 9.18 Å². The second-order valence-electron chi connectivity index (χ2n) is 5.70. The van der Waals surface area contributed by atoms with E-state index in [4.69, 9.17) is 5.73 Å². The van der Waals surface area contributed by atoms with E-state index in [1.54, 1.807) is 4.90 Å². The van der Waals surface area contributed by atoms with Crippen LogP contribution in [0.3, 0.4) is 0 Å². The highest BCUT2D eigenvalue weighted by molar-refractivity contribution is 5.95. The Kier molecular flexibility index (Phi) is 3.78. The van der Waals surface area contributed by atoms with Crippen molar-refractivity contribution in [1.82, 2.24) is 4.90 Å². The van der Waals surface area contributed by atoms with Crippen molar-refractivity contribution in [3.8, 4) is 0 Å². The zero-order valence-electron chi connectivity index (χ0n) is 11.6. The molecule has 1 aromatic carbocycles. The second kappa shape index (κ2) is 5.19. The summed E-state index contributed by atoms with van der Waals surface area (Å²) < 4.78 is 13.7. The lowest BCUT2D eigenvalue weighted by atomic mass is 9.78. The Balaban J connectivity index is 2.11. The van der Waals surface area contributed by atoms with E-state index < -0.39 is 5.82 Å². The molecule has 19 heavy (non-hydrogen) atoms. The monoisotopic (exact) mass is 264 g/mol. The first kappa shape index (κ1) is 13.8. The molecule has 1 fully saturated rings. The Bertz CT molecular complexity index is 479. The predicted octanol–water partition coefficient (Wildman–Crippen LogP) is 3.06. The summed E-state index contributed by atoms with van der Waals surface area (Å²) in [6.07, 6.45) is 3.06. The first-order valence-corrected chi connectivity index (χ1v) is 6.79. The number of piperidine rings is 1. The predicted molar refractivity (Wildman–Crippen MR) is 74.3 cm³/mol. The minimum Gasteiger partial charge on any atom is -0.399 e. The van der Waals surface area contributed by atoms with Gasteiger partial charge < -0.3 is 10.6 Å². The first-order valence-electron chi connectivity index (χ1n) is 6.79. The van der Waals surface area contributed by atoms with Gasteiger partial charge in [-0.25, -0.2) is 4.39 Å². The number of hydrogen-bond donors (Lipinski definition) is 1. The summed E-state index contributed by atoms with van der Waals surface area (Å²) in [7, 11) is 0. The number of nitrogens with two attached hydrogens (primary N) is 1. The summed E-state index contributed by atoms with van der Waals surface area (Å²) in [5.74, 6) is -0.744. The minimum absolute atomic E-state index is 0.0834.